The number of pyridine rings is 1. The lowest BCUT2D eigenvalue weighted by molar-refractivity contribution is 1.23. The first-order valence-corrected chi connectivity index (χ1v) is 8.20. The molecule has 2 aromatic heterocycles. The van der Waals surface area contributed by atoms with E-state index in [1.807, 2.05) is 24.5 Å². The molecule has 3 aromatic rings. The van der Waals surface area contributed by atoms with Crippen LogP contribution in [0.1, 0.15) is 17.5 Å². The molecule has 1 aromatic carbocycles. The molecule has 1 aliphatic rings. The third-order valence-electron chi connectivity index (χ3n) is 3.98. The van der Waals surface area contributed by atoms with Crippen molar-refractivity contribution in [1.29, 1.82) is 0 Å². The lowest BCUT2D eigenvalue weighted by Gasteiger charge is -2.07. The van der Waals surface area contributed by atoms with Crippen LogP contribution in [0.15, 0.2) is 53.7 Å². The summed E-state index contributed by atoms with van der Waals surface area (Å²) >= 11 is 1.83. The van der Waals surface area contributed by atoms with Gasteiger partial charge in [0.15, 0.2) is 0 Å². The van der Waals surface area contributed by atoms with Gasteiger partial charge >= 0.3 is 0 Å². The number of fused-ring (bicyclic) bond motifs is 1. The summed E-state index contributed by atoms with van der Waals surface area (Å²) in [7, 11) is 0. The number of nitrogens with zero attached hydrogens (tertiary/aromatic N) is 2. The van der Waals surface area contributed by atoms with Crippen LogP contribution in [0, 0.1) is 6.92 Å². The summed E-state index contributed by atoms with van der Waals surface area (Å²) in [6, 6.07) is 13.1. The van der Waals surface area contributed by atoms with Crippen molar-refractivity contribution < 1.29 is 0 Å². The molecule has 0 spiro atoms. The summed E-state index contributed by atoms with van der Waals surface area (Å²) in [5.74, 6) is 0. The molecule has 0 N–H and O–H groups in total. The second-order valence-corrected chi connectivity index (χ2v) is 6.92. The molecular formula is C19H16N2S. The SMILES string of the molecule is CC1=NCC(c2nccc3cc(-c4ccc(C)s4)ccc23)=C1. The second-order valence-electron chi connectivity index (χ2n) is 5.63. The number of aryl methyl sites for hydroxylation is 1. The minimum atomic E-state index is 0.740. The summed E-state index contributed by atoms with van der Waals surface area (Å²) in [5.41, 5.74) is 4.63. The van der Waals surface area contributed by atoms with Gasteiger partial charge in [-0.2, -0.15) is 0 Å². The third-order valence-corrected chi connectivity index (χ3v) is 5.03. The van der Waals surface area contributed by atoms with Gasteiger partial charge in [0.1, 0.15) is 0 Å². The van der Waals surface area contributed by atoms with E-state index in [1.54, 1.807) is 0 Å². The fourth-order valence-electron chi connectivity index (χ4n) is 2.87. The number of aromatic nitrogens is 1. The van der Waals surface area contributed by atoms with Gasteiger partial charge in [0, 0.05) is 32.6 Å². The van der Waals surface area contributed by atoms with E-state index in [0.717, 1.165) is 18.0 Å². The molecule has 1 aliphatic heterocycles. The van der Waals surface area contributed by atoms with Crippen molar-refractivity contribution in [2.75, 3.05) is 6.54 Å². The number of hydrogen-bond donors (Lipinski definition) is 0. The largest absolute Gasteiger partial charge is 0.285 e. The molecule has 2 nitrogen and oxygen atoms in total. The van der Waals surface area contributed by atoms with E-state index in [2.05, 4.69) is 59.4 Å². The highest BCUT2D eigenvalue weighted by atomic mass is 32.1. The summed E-state index contributed by atoms with van der Waals surface area (Å²) in [6.45, 7) is 4.92. The maximum Gasteiger partial charge on any atom is 0.0759 e. The van der Waals surface area contributed by atoms with Crippen molar-refractivity contribution in [3.8, 4) is 10.4 Å². The van der Waals surface area contributed by atoms with Crippen LogP contribution in [0.25, 0.3) is 26.8 Å². The summed E-state index contributed by atoms with van der Waals surface area (Å²) in [5, 5.41) is 2.44. The van der Waals surface area contributed by atoms with Gasteiger partial charge in [-0.3, -0.25) is 9.98 Å². The smallest absolute Gasteiger partial charge is 0.0759 e. The monoisotopic (exact) mass is 304 g/mol. The molecule has 22 heavy (non-hydrogen) atoms. The molecule has 3 heterocycles. The van der Waals surface area contributed by atoms with E-state index in [-0.39, 0.29) is 0 Å². The van der Waals surface area contributed by atoms with Crippen molar-refractivity contribution in [3.63, 3.8) is 0 Å². The zero-order valence-corrected chi connectivity index (χ0v) is 13.4. The standard InChI is InChI=1S/C19H16N2S/c1-12-9-16(11-21-12)19-17-5-4-15(10-14(17)7-8-20-19)18-6-3-13(2)22-18/h3-10H,11H2,1-2H3. The molecule has 0 atom stereocenters. The van der Waals surface area contributed by atoms with E-state index in [4.69, 9.17) is 0 Å². The zero-order valence-electron chi connectivity index (χ0n) is 12.6. The molecule has 0 saturated carbocycles. The van der Waals surface area contributed by atoms with E-state index < -0.39 is 0 Å². The molecule has 108 valence electrons. The number of rotatable bonds is 2. The van der Waals surface area contributed by atoms with Gasteiger partial charge in [0.2, 0.25) is 0 Å². The number of allylic oxidation sites excluding steroid dienone is 1. The highest BCUT2D eigenvalue weighted by Crippen LogP contribution is 2.32. The Morgan fingerprint density at radius 1 is 1.05 bits per heavy atom. The topological polar surface area (TPSA) is 25.2 Å². The zero-order chi connectivity index (χ0) is 15.1. The van der Waals surface area contributed by atoms with Crippen LogP contribution in [-0.2, 0) is 0 Å². The van der Waals surface area contributed by atoms with E-state index in [9.17, 15) is 0 Å². The van der Waals surface area contributed by atoms with E-state index >= 15 is 0 Å². The third kappa shape index (κ3) is 2.28. The van der Waals surface area contributed by atoms with Crippen LogP contribution in [0.3, 0.4) is 0 Å². The highest BCUT2D eigenvalue weighted by Gasteiger charge is 2.12. The van der Waals surface area contributed by atoms with Crippen LogP contribution >= 0.6 is 11.3 Å². The van der Waals surface area contributed by atoms with Crippen molar-refractivity contribution in [3.05, 3.63) is 59.2 Å². The Balaban J connectivity index is 1.84. The van der Waals surface area contributed by atoms with Crippen LogP contribution in [0.2, 0.25) is 0 Å². The average molecular weight is 304 g/mol. The van der Waals surface area contributed by atoms with Crippen molar-refractivity contribution in [1.82, 2.24) is 4.98 Å². The number of benzene rings is 1. The van der Waals surface area contributed by atoms with Gasteiger partial charge in [-0.1, -0.05) is 12.1 Å². The number of hydrogen-bond acceptors (Lipinski definition) is 3. The van der Waals surface area contributed by atoms with Gasteiger partial charge in [0.25, 0.3) is 0 Å². The van der Waals surface area contributed by atoms with Gasteiger partial charge in [-0.25, -0.2) is 0 Å². The van der Waals surface area contributed by atoms with E-state index in [0.29, 0.717) is 0 Å². The second kappa shape index (κ2) is 5.18. The molecule has 0 fully saturated rings. The summed E-state index contributed by atoms with van der Waals surface area (Å²) < 4.78 is 0. The normalized spacial score (nSPS) is 14.3. The molecule has 0 saturated heterocycles. The quantitative estimate of drug-likeness (QED) is 0.644. The maximum atomic E-state index is 4.59. The molecule has 0 bridgehead atoms. The van der Waals surface area contributed by atoms with Crippen LogP contribution in [0.4, 0.5) is 0 Å². The van der Waals surface area contributed by atoms with Crippen molar-refractivity contribution >= 4 is 33.4 Å². The van der Waals surface area contributed by atoms with Gasteiger partial charge in [0.05, 0.1) is 12.2 Å². The Bertz CT molecular complexity index is 932. The number of thiophene rings is 1. The van der Waals surface area contributed by atoms with Gasteiger partial charge < -0.3 is 0 Å². The molecular weight excluding hydrogens is 288 g/mol. The minimum Gasteiger partial charge on any atom is -0.285 e. The molecule has 0 unspecified atom stereocenters. The van der Waals surface area contributed by atoms with Crippen LogP contribution in [0.5, 0.6) is 0 Å². The molecule has 0 aliphatic carbocycles. The fraction of sp³-hybridized carbons (Fsp3) is 0.158. The van der Waals surface area contributed by atoms with Crippen LogP contribution in [-0.4, -0.2) is 17.2 Å². The van der Waals surface area contributed by atoms with Crippen molar-refractivity contribution in [2.45, 2.75) is 13.8 Å². The predicted molar refractivity (Wildman–Crippen MR) is 95.7 cm³/mol. The fourth-order valence-corrected chi connectivity index (χ4v) is 3.74. The van der Waals surface area contributed by atoms with Gasteiger partial charge in [-0.15, -0.1) is 11.3 Å². The van der Waals surface area contributed by atoms with Gasteiger partial charge in [-0.05, 0) is 55.1 Å². The average Bonchev–Trinajstić information content (AvgIpc) is 3.15. The lowest BCUT2D eigenvalue weighted by Crippen LogP contribution is -1.92. The lowest BCUT2D eigenvalue weighted by atomic mass is 10.0. The van der Waals surface area contributed by atoms with Crippen molar-refractivity contribution in [2.24, 2.45) is 4.99 Å². The molecule has 4 rings (SSSR count). The first-order chi connectivity index (χ1) is 10.7. The molecule has 3 heteroatoms. The Morgan fingerprint density at radius 2 is 1.95 bits per heavy atom. The minimum absolute atomic E-state index is 0.740. The Kier molecular flexibility index (Phi) is 3.16. The summed E-state index contributed by atoms with van der Waals surface area (Å²) in [4.78, 5) is 11.7. The maximum absolute atomic E-state index is 4.59. The first-order valence-electron chi connectivity index (χ1n) is 7.38. The number of aliphatic imine (C=N–C) groups is 1. The molecule has 0 amide bonds. The Hall–Kier alpha value is -2.26. The van der Waals surface area contributed by atoms with Crippen LogP contribution < -0.4 is 0 Å². The Morgan fingerprint density at radius 3 is 2.68 bits per heavy atom. The summed E-state index contributed by atoms with van der Waals surface area (Å²) in [6.07, 6.45) is 4.04. The van der Waals surface area contributed by atoms with E-state index in [1.165, 1.54) is 31.7 Å². The first kappa shape index (κ1) is 13.4. The highest BCUT2D eigenvalue weighted by molar-refractivity contribution is 7.15. The Labute approximate surface area is 133 Å². The predicted octanol–water partition coefficient (Wildman–Crippen LogP) is 5.13. The molecule has 0 radical (unpaired) electrons.